The fraction of sp³-hybridized carbons (Fsp3) is 0.250. The minimum absolute atomic E-state index is 0.0372. The third-order valence-corrected chi connectivity index (χ3v) is 2.47. The van der Waals surface area contributed by atoms with Crippen LogP contribution in [-0.2, 0) is 0 Å². The Balaban J connectivity index is 2.03. The van der Waals surface area contributed by atoms with Crippen molar-refractivity contribution in [3.8, 4) is 0 Å². The molecule has 0 saturated heterocycles. The molecule has 2 rings (SSSR count). The summed E-state index contributed by atoms with van der Waals surface area (Å²) in [6, 6.07) is 9.33. The minimum Gasteiger partial charge on any atom is -0.294 e. The van der Waals surface area contributed by atoms with Crippen LogP contribution in [0.15, 0.2) is 42.7 Å². The van der Waals surface area contributed by atoms with Gasteiger partial charge in [-0.3, -0.25) is 4.79 Å². The van der Waals surface area contributed by atoms with E-state index in [4.69, 9.17) is 0 Å². The van der Waals surface area contributed by atoms with Gasteiger partial charge in [-0.25, -0.2) is 4.68 Å². The fourth-order valence-electron chi connectivity index (χ4n) is 1.56. The van der Waals surface area contributed by atoms with E-state index < -0.39 is 0 Å². The Morgan fingerprint density at radius 1 is 1.38 bits per heavy atom. The quantitative estimate of drug-likeness (QED) is 0.734. The van der Waals surface area contributed by atoms with Gasteiger partial charge >= 0.3 is 0 Å². The molecular weight excluding hydrogens is 202 g/mol. The molecular formula is C12H13N3O. The summed E-state index contributed by atoms with van der Waals surface area (Å²) in [4.78, 5) is 11.9. The van der Waals surface area contributed by atoms with Crippen molar-refractivity contribution in [1.82, 2.24) is 15.0 Å². The lowest BCUT2D eigenvalue weighted by Gasteiger charge is -2.09. The molecule has 0 aliphatic carbocycles. The number of aromatic nitrogens is 3. The van der Waals surface area contributed by atoms with Crippen molar-refractivity contribution in [2.45, 2.75) is 19.4 Å². The molecule has 1 aromatic heterocycles. The second kappa shape index (κ2) is 4.70. The Morgan fingerprint density at radius 3 is 2.75 bits per heavy atom. The van der Waals surface area contributed by atoms with E-state index in [-0.39, 0.29) is 11.8 Å². The van der Waals surface area contributed by atoms with Crippen molar-refractivity contribution < 1.29 is 4.79 Å². The molecule has 0 radical (unpaired) electrons. The van der Waals surface area contributed by atoms with Crippen molar-refractivity contribution in [1.29, 1.82) is 0 Å². The summed E-state index contributed by atoms with van der Waals surface area (Å²) in [7, 11) is 0. The normalized spacial score (nSPS) is 12.3. The third-order valence-electron chi connectivity index (χ3n) is 2.47. The number of hydrogen-bond donors (Lipinski definition) is 0. The van der Waals surface area contributed by atoms with Crippen LogP contribution in [0.3, 0.4) is 0 Å². The van der Waals surface area contributed by atoms with Gasteiger partial charge in [0, 0.05) is 18.2 Å². The zero-order chi connectivity index (χ0) is 11.4. The fourth-order valence-corrected chi connectivity index (χ4v) is 1.56. The van der Waals surface area contributed by atoms with Crippen molar-refractivity contribution in [3.05, 3.63) is 48.3 Å². The molecule has 0 aliphatic heterocycles. The minimum atomic E-state index is 0.0372. The number of hydrogen-bond acceptors (Lipinski definition) is 3. The summed E-state index contributed by atoms with van der Waals surface area (Å²) >= 11 is 0. The zero-order valence-corrected chi connectivity index (χ0v) is 9.08. The Kier molecular flexibility index (Phi) is 3.10. The van der Waals surface area contributed by atoms with Crippen LogP contribution in [0.2, 0.25) is 0 Å². The van der Waals surface area contributed by atoms with E-state index in [0.29, 0.717) is 6.42 Å². The molecule has 2 aromatic rings. The molecule has 0 N–H and O–H groups in total. The number of carbonyl (C=O) groups excluding carboxylic acids is 1. The summed E-state index contributed by atoms with van der Waals surface area (Å²) in [5, 5.41) is 7.60. The Labute approximate surface area is 93.9 Å². The summed E-state index contributed by atoms with van der Waals surface area (Å²) in [5.74, 6) is 0.128. The number of benzene rings is 1. The molecule has 0 spiro atoms. The van der Waals surface area contributed by atoms with Crippen molar-refractivity contribution >= 4 is 5.78 Å². The first-order valence-corrected chi connectivity index (χ1v) is 5.21. The monoisotopic (exact) mass is 215 g/mol. The van der Waals surface area contributed by atoms with Crippen molar-refractivity contribution in [2.75, 3.05) is 0 Å². The number of nitrogens with zero attached hydrogens (tertiary/aromatic N) is 3. The van der Waals surface area contributed by atoms with Crippen LogP contribution < -0.4 is 0 Å². The highest BCUT2D eigenvalue weighted by Gasteiger charge is 2.12. The summed E-state index contributed by atoms with van der Waals surface area (Å²) in [5.41, 5.74) is 0.745. The number of ketones is 1. The average molecular weight is 215 g/mol. The molecule has 16 heavy (non-hydrogen) atoms. The van der Waals surface area contributed by atoms with E-state index in [1.807, 2.05) is 37.3 Å². The first-order chi connectivity index (χ1) is 7.77. The SMILES string of the molecule is CC(CC(=O)c1ccccc1)n1ccnn1. The Morgan fingerprint density at radius 2 is 2.12 bits per heavy atom. The number of carbonyl (C=O) groups is 1. The maximum Gasteiger partial charge on any atom is 0.164 e. The van der Waals surface area contributed by atoms with E-state index in [1.54, 1.807) is 17.1 Å². The van der Waals surface area contributed by atoms with Gasteiger partial charge in [-0.05, 0) is 6.92 Å². The molecule has 4 nitrogen and oxygen atoms in total. The summed E-state index contributed by atoms with van der Waals surface area (Å²) < 4.78 is 1.70. The molecule has 1 aromatic carbocycles. The van der Waals surface area contributed by atoms with Gasteiger partial charge in [0.1, 0.15) is 0 Å². The van der Waals surface area contributed by atoms with Crippen LogP contribution in [0.1, 0.15) is 29.7 Å². The third kappa shape index (κ3) is 2.34. The molecule has 0 aliphatic rings. The van der Waals surface area contributed by atoms with Crippen LogP contribution in [0, 0.1) is 0 Å². The van der Waals surface area contributed by atoms with Gasteiger partial charge in [0.25, 0.3) is 0 Å². The zero-order valence-electron chi connectivity index (χ0n) is 9.08. The highest BCUT2D eigenvalue weighted by Crippen LogP contribution is 2.13. The van der Waals surface area contributed by atoms with Gasteiger partial charge < -0.3 is 0 Å². The molecule has 4 heteroatoms. The molecule has 1 atom stereocenters. The molecule has 0 amide bonds. The molecule has 0 saturated carbocycles. The second-order valence-electron chi connectivity index (χ2n) is 3.73. The average Bonchev–Trinajstić information content (AvgIpc) is 2.83. The number of rotatable bonds is 4. The van der Waals surface area contributed by atoms with E-state index >= 15 is 0 Å². The highest BCUT2D eigenvalue weighted by atomic mass is 16.1. The van der Waals surface area contributed by atoms with Crippen LogP contribution in [0.4, 0.5) is 0 Å². The van der Waals surface area contributed by atoms with Gasteiger partial charge in [0.2, 0.25) is 0 Å². The topological polar surface area (TPSA) is 47.8 Å². The summed E-state index contributed by atoms with van der Waals surface area (Å²) in [6.07, 6.45) is 3.82. The van der Waals surface area contributed by atoms with Gasteiger partial charge in [0.15, 0.2) is 5.78 Å². The van der Waals surface area contributed by atoms with Gasteiger partial charge in [0.05, 0.1) is 12.2 Å². The maximum atomic E-state index is 11.9. The summed E-state index contributed by atoms with van der Waals surface area (Å²) in [6.45, 7) is 1.95. The van der Waals surface area contributed by atoms with Crippen LogP contribution in [0.5, 0.6) is 0 Å². The van der Waals surface area contributed by atoms with Crippen LogP contribution in [-0.4, -0.2) is 20.8 Å². The molecule has 82 valence electrons. The standard InChI is InChI=1S/C12H13N3O/c1-10(15-8-7-13-14-15)9-12(16)11-5-3-2-4-6-11/h2-8,10H,9H2,1H3. The van der Waals surface area contributed by atoms with E-state index in [0.717, 1.165) is 5.56 Å². The van der Waals surface area contributed by atoms with E-state index in [2.05, 4.69) is 10.3 Å². The smallest absolute Gasteiger partial charge is 0.164 e. The Hall–Kier alpha value is -1.97. The van der Waals surface area contributed by atoms with Gasteiger partial charge in [-0.1, -0.05) is 35.5 Å². The lowest BCUT2D eigenvalue weighted by Crippen LogP contribution is -2.11. The van der Waals surface area contributed by atoms with Crippen molar-refractivity contribution in [3.63, 3.8) is 0 Å². The first-order valence-electron chi connectivity index (χ1n) is 5.21. The Bertz CT molecular complexity index is 450. The largest absolute Gasteiger partial charge is 0.294 e. The maximum absolute atomic E-state index is 11.9. The lowest BCUT2D eigenvalue weighted by atomic mass is 10.1. The predicted octanol–water partition coefficient (Wildman–Crippen LogP) is 2.11. The highest BCUT2D eigenvalue weighted by molar-refractivity contribution is 5.96. The first kappa shape index (κ1) is 10.5. The van der Waals surface area contributed by atoms with E-state index in [1.165, 1.54) is 0 Å². The molecule has 0 fully saturated rings. The van der Waals surface area contributed by atoms with Gasteiger partial charge in [-0.2, -0.15) is 0 Å². The lowest BCUT2D eigenvalue weighted by molar-refractivity contribution is 0.0963. The van der Waals surface area contributed by atoms with Crippen molar-refractivity contribution in [2.24, 2.45) is 0 Å². The van der Waals surface area contributed by atoms with Gasteiger partial charge in [-0.15, -0.1) is 5.10 Å². The van der Waals surface area contributed by atoms with E-state index in [9.17, 15) is 4.79 Å². The van der Waals surface area contributed by atoms with Crippen LogP contribution >= 0.6 is 0 Å². The second-order valence-corrected chi connectivity index (χ2v) is 3.73. The predicted molar refractivity (Wildman–Crippen MR) is 60.1 cm³/mol. The number of Topliss-reactive ketones (excluding diaryl/α,β-unsaturated/α-hetero) is 1. The molecule has 1 unspecified atom stereocenters. The van der Waals surface area contributed by atoms with Crippen LogP contribution in [0.25, 0.3) is 0 Å². The molecule has 0 bridgehead atoms. The molecule has 1 heterocycles.